The van der Waals surface area contributed by atoms with Crippen molar-refractivity contribution in [2.75, 3.05) is 20.2 Å². The summed E-state index contributed by atoms with van der Waals surface area (Å²) in [7, 11) is 1.63. The average molecular weight is 335 g/mol. The van der Waals surface area contributed by atoms with Gasteiger partial charge in [-0.3, -0.25) is 4.90 Å². The molecule has 1 aromatic heterocycles. The highest BCUT2D eigenvalue weighted by Gasteiger charge is 2.23. The Bertz CT molecular complexity index is 717. The van der Waals surface area contributed by atoms with Crippen LogP contribution >= 0.6 is 12.2 Å². The Kier molecular flexibility index (Phi) is 4.79. The Morgan fingerprint density at radius 2 is 1.96 bits per heavy atom. The molecule has 1 aliphatic rings. The third-order valence-electron chi connectivity index (χ3n) is 3.77. The fraction of sp³-hybridized carbons (Fsp3) is 0.500. The van der Waals surface area contributed by atoms with Gasteiger partial charge in [-0.15, -0.1) is 5.10 Å². The third-order valence-corrected chi connectivity index (χ3v) is 4.07. The molecule has 0 N–H and O–H groups in total. The smallest absolute Gasteiger partial charge is 0.288 e. The highest BCUT2D eigenvalue weighted by Crippen LogP contribution is 2.28. The molecular formula is C16H21N3O3S. The Hall–Kier alpha value is -1.70. The van der Waals surface area contributed by atoms with Gasteiger partial charge >= 0.3 is 0 Å². The molecule has 0 saturated carbocycles. The summed E-state index contributed by atoms with van der Waals surface area (Å²) in [5.41, 5.74) is 0.795. The van der Waals surface area contributed by atoms with Gasteiger partial charge in [0.2, 0.25) is 0 Å². The monoisotopic (exact) mass is 335 g/mol. The second-order valence-corrected chi connectivity index (χ2v) is 6.16. The van der Waals surface area contributed by atoms with Crippen LogP contribution in [0.15, 0.2) is 28.7 Å². The van der Waals surface area contributed by atoms with E-state index in [0.29, 0.717) is 23.1 Å². The highest BCUT2D eigenvalue weighted by molar-refractivity contribution is 7.71. The van der Waals surface area contributed by atoms with E-state index in [1.807, 2.05) is 24.3 Å². The van der Waals surface area contributed by atoms with Crippen LogP contribution < -0.4 is 4.74 Å². The quantitative estimate of drug-likeness (QED) is 0.801. The predicted molar refractivity (Wildman–Crippen MR) is 88.9 cm³/mol. The molecule has 2 atom stereocenters. The number of rotatable bonds is 4. The summed E-state index contributed by atoms with van der Waals surface area (Å²) in [6.07, 6.45) is 0.405. The molecule has 23 heavy (non-hydrogen) atoms. The van der Waals surface area contributed by atoms with Crippen molar-refractivity contribution in [3.63, 3.8) is 0 Å². The largest absolute Gasteiger partial charge is 0.496 e. The van der Waals surface area contributed by atoms with Gasteiger partial charge in [0.25, 0.3) is 10.7 Å². The second kappa shape index (κ2) is 6.82. The van der Waals surface area contributed by atoms with Gasteiger partial charge in [-0.05, 0) is 38.2 Å². The molecule has 0 spiro atoms. The molecule has 124 valence electrons. The van der Waals surface area contributed by atoms with Gasteiger partial charge in [0, 0.05) is 13.1 Å². The zero-order chi connectivity index (χ0) is 16.4. The standard InChI is InChI=1S/C16H21N3O3S/c1-11-8-18(9-12(2)21-11)10-19-16(23)22-15(17-19)13-6-4-5-7-14(13)20-3/h4-7,11-12H,8-10H2,1-3H3. The van der Waals surface area contributed by atoms with Crippen molar-refractivity contribution in [2.24, 2.45) is 0 Å². The fourth-order valence-electron chi connectivity index (χ4n) is 2.92. The van der Waals surface area contributed by atoms with Crippen LogP contribution in [0, 0.1) is 4.84 Å². The molecule has 0 amide bonds. The zero-order valence-electron chi connectivity index (χ0n) is 13.6. The SMILES string of the molecule is COc1ccccc1-c1nn(CN2CC(C)OC(C)C2)c(=S)o1. The summed E-state index contributed by atoms with van der Waals surface area (Å²) >= 11 is 5.31. The van der Waals surface area contributed by atoms with Crippen molar-refractivity contribution in [2.45, 2.75) is 32.7 Å². The lowest BCUT2D eigenvalue weighted by Crippen LogP contribution is -2.46. The minimum absolute atomic E-state index is 0.202. The molecular weight excluding hydrogens is 314 g/mol. The molecule has 3 rings (SSSR count). The first kappa shape index (κ1) is 16.2. The van der Waals surface area contributed by atoms with Crippen LogP contribution in [0.5, 0.6) is 5.75 Å². The van der Waals surface area contributed by atoms with Crippen LogP contribution in [0.3, 0.4) is 0 Å². The molecule has 1 saturated heterocycles. The minimum Gasteiger partial charge on any atom is -0.496 e. The van der Waals surface area contributed by atoms with E-state index < -0.39 is 0 Å². The number of para-hydroxylation sites is 1. The van der Waals surface area contributed by atoms with E-state index in [1.54, 1.807) is 11.8 Å². The summed E-state index contributed by atoms with van der Waals surface area (Å²) in [6.45, 7) is 6.44. The van der Waals surface area contributed by atoms with Gasteiger partial charge in [-0.25, -0.2) is 4.68 Å². The maximum absolute atomic E-state index is 5.75. The lowest BCUT2D eigenvalue weighted by Gasteiger charge is -2.34. The number of morpholine rings is 1. The first-order valence-electron chi connectivity index (χ1n) is 7.66. The van der Waals surface area contributed by atoms with Gasteiger partial charge in [0.15, 0.2) is 0 Å². The first-order chi connectivity index (χ1) is 11.1. The van der Waals surface area contributed by atoms with Crippen LogP contribution in [0.4, 0.5) is 0 Å². The van der Waals surface area contributed by atoms with E-state index in [9.17, 15) is 0 Å². The van der Waals surface area contributed by atoms with Gasteiger partial charge in [0.1, 0.15) is 5.75 Å². The van der Waals surface area contributed by atoms with Crippen molar-refractivity contribution < 1.29 is 13.9 Å². The zero-order valence-corrected chi connectivity index (χ0v) is 14.4. The molecule has 1 fully saturated rings. The summed E-state index contributed by atoms with van der Waals surface area (Å²) in [5, 5.41) is 4.52. The highest BCUT2D eigenvalue weighted by atomic mass is 32.1. The van der Waals surface area contributed by atoms with Gasteiger partial charge in [-0.2, -0.15) is 0 Å². The van der Waals surface area contributed by atoms with Crippen LogP contribution in [0.1, 0.15) is 13.8 Å². The Labute approximate surface area is 140 Å². The molecule has 1 aliphatic heterocycles. The fourth-order valence-corrected chi connectivity index (χ4v) is 3.09. The van der Waals surface area contributed by atoms with Gasteiger partial charge < -0.3 is 13.9 Å². The molecule has 2 heterocycles. The van der Waals surface area contributed by atoms with Crippen molar-refractivity contribution >= 4 is 12.2 Å². The maximum atomic E-state index is 5.75. The summed E-state index contributed by atoms with van der Waals surface area (Å²) in [6, 6.07) is 7.60. The van der Waals surface area contributed by atoms with E-state index in [2.05, 4.69) is 23.8 Å². The summed E-state index contributed by atoms with van der Waals surface area (Å²) in [4.78, 5) is 2.63. The molecule has 0 bridgehead atoms. The first-order valence-corrected chi connectivity index (χ1v) is 8.07. The van der Waals surface area contributed by atoms with Gasteiger partial charge in [-0.1, -0.05) is 12.1 Å². The topological polar surface area (TPSA) is 52.7 Å². The Morgan fingerprint density at radius 1 is 1.26 bits per heavy atom. The lowest BCUT2D eigenvalue weighted by molar-refractivity contribution is -0.0778. The second-order valence-electron chi connectivity index (χ2n) is 5.81. The van der Waals surface area contributed by atoms with Crippen molar-refractivity contribution in [3.8, 4) is 17.2 Å². The van der Waals surface area contributed by atoms with Crippen LogP contribution in [0.2, 0.25) is 0 Å². The molecule has 2 unspecified atom stereocenters. The molecule has 0 radical (unpaired) electrons. The summed E-state index contributed by atoms with van der Waals surface area (Å²) < 4.78 is 18.5. The number of ether oxygens (including phenoxy) is 2. The van der Waals surface area contributed by atoms with Crippen molar-refractivity contribution in [1.82, 2.24) is 14.7 Å². The van der Waals surface area contributed by atoms with Crippen molar-refractivity contribution in [3.05, 3.63) is 29.1 Å². The molecule has 1 aromatic carbocycles. The Balaban J connectivity index is 1.83. The molecule has 6 nitrogen and oxygen atoms in total. The lowest BCUT2D eigenvalue weighted by atomic mass is 10.2. The minimum atomic E-state index is 0.202. The number of methoxy groups -OCH3 is 1. The van der Waals surface area contributed by atoms with Crippen LogP contribution in [-0.2, 0) is 11.4 Å². The Morgan fingerprint density at radius 3 is 2.65 bits per heavy atom. The van der Waals surface area contributed by atoms with Crippen LogP contribution in [-0.4, -0.2) is 47.1 Å². The van der Waals surface area contributed by atoms with E-state index >= 15 is 0 Å². The average Bonchev–Trinajstić information content (AvgIpc) is 2.87. The number of hydrogen-bond acceptors (Lipinski definition) is 6. The molecule has 0 aliphatic carbocycles. The predicted octanol–water partition coefficient (Wildman–Crippen LogP) is 2.95. The number of benzene rings is 1. The van der Waals surface area contributed by atoms with Gasteiger partial charge in [0.05, 0.1) is 31.5 Å². The normalized spacial score (nSPS) is 22.2. The number of hydrogen-bond donors (Lipinski definition) is 0. The van der Waals surface area contributed by atoms with E-state index in [-0.39, 0.29) is 12.2 Å². The molecule has 7 heteroatoms. The number of nitrogens with zero attached hydrogens (tertiary/aromatic N) is 3. The van der Waals surface area contributed by atoms with E-state index in [0.717, 1.165) is 18.7 Å². The summed E-state index contributed by atoms with van der Waals surface area (Å²) in [5.74, 6) is 1.19. The number of aromatic nitrogens is 2. The van der Waals surface area contributed by atoms with E-state index in [1.165, 1.54) is 0 Å². The third kappa shape index (κ3) is 3.63. The molecule has 2 aromatic rings. The van der Waals surface area contributed by atoms with Crippen LogP contribution in [0.25, 0.3) is 11.5 Å². The van der Waals surface area contributed by atoms with Crippen molar-refractivity contribution in [1.29, 1.82) is 0 Å². The maximum Gasteiger partial charge on any atom is 0.288 e. The van der Waals surface area contributed by atoms with E-state index in [4.69, 9.17) is 26.1 Å².